The van der Waals surface area contributed by atoms with Gasteiger partial charge in [-0.1, -0.05) is 24.6 Å². The second kappa shape index (κ2) is 8.51. The summed E-state index contributed by atoms with van der Waals surface area (Å²) in [6.07, 6.45) is 7.17. The number of anilines is 1. The first-order valence-corrected chi connectivity index (χ1v) is 11.9. The van der Waals surface area contributed by atoms with E-state index in [9.17, 15) is 9.90 Å². The van der Waals surface area contributed by atoms with Crippen LogP contribution in [0, 0.1) is 6.92 Å². The van der Waals surface area contributed by atoms with E-state index in [4.69, 9.17) is 0 Å². The van der Waals surface area contributed by atoms with Gasteiger partial charge in [0.2, 0.25) is 5.91 Å². The fourth-order valence-electron chi connectivity index (χ4n) is 6.35. The van der Waals surface area contributed by atoms with Gasteiger partial charge in [-0.25, -0.2) is 0 Å². The lowest BCUT2D eigenvalue weighted by Crippen LogP contribution is -2.66. The van der Waals surface area contributed by atoms with Crippen LogP contribution in [0.3, 0.4) is 0 Å². The molecule has 3 fully saturated rings. The number of amides is 1. The standard InChI is InChI=1S/C25H39N3O2/c1-20-9-4-5-10-22(20)26-17-13-25(30,14-18-26)19-27-15-8-12-24(3)23(27)11-6-7-16-28(24)21(2)29/h4-5,9-10,23,30H,6-8,11-19H2,1-3H3/t23-,24+/m1/s1. The monoisotopic (exact) mass is 413 g/mol. The van der Waals surface area contributed by atoms with Gasteiger partial charge in [-0.15, -0.1) is 0 Å². The van der Waals surface area contributed by atoms with Crippen molar-refractivity contribution >= 4 is 11.6 Å². The number of β-amino-alcohol motifs (C(OH)–C–C–N with tert-alkyl or cyclic N) is 1. The Morgan fingerprint density at radius 1 is 1.07 bits per heavy atom. The number of benzene rings is 1. The second-order valence-corrected chi connectivity index (χ2v) is 10.1. The summed E-state index contributed by atoms with van der Waals surface area (Å²) >= 11 is 0. The van der Waals surface area contributed by atoms with E-state index in [2.05, 4.69) is 52.8 Å². The molecule has 5 heteroatoms. The fraction of sp³-hybridized carbons (Fsp3) is 0.720. The minimum absolute atomic E-state index is 0.0984. The molecule has 1 aromatic carbocycles. The maximum absolute atomic E-state index is 12.4. The van der Waals surface area contributed by atoms with Gasteiger partial charge in [0, 0.05) is 44.8 Å². The predicted molar refractivity (Wildman–Crippen MR) is 122 cm³/mol. The quantitative estimate of drug-likeness (QED) is 0.823. The summed E-state index contributed by atoms with van der Waals surface area (Å²) in [6, 6.07) is 8.90. The first-order chi connectivity index (χ1) is 14.3. The van der Waals surface area contributed by atoms with Gasteiger partial charge in [0.15, 0.2) is 0 Å². The maximum atomic E-state index is 12.4. The molecule has 1 amide bonds. The summed E-state index contributed by atoms with van der Waals surface area (Å²) in [6.45, 7) is 10.6. The molecule has 166 valence electrons. The topological polar surface area (TPSA) is 47.0 Å². The van der Waals surface area contributed by atoms with E-state index in [-0.39, 0.29) is 11.4 Å². The van der Waals surface area contributed by atoms with Crippen LogP contribution in [0.25, 0.3) is 0 Å². The SMILES string of the molecule is CC(=O)N1CCCC[C@H]2N(CC3(O)CCN(c4ccccc4C)CC3)CCC[C@@]21C. The number of rotatable bonds is 3. The highest BCUT2D eigenvalue weighted by Gasteiger charge is 2.48. The van der Waals surface area contributed by atoms with E-state index in [0.717, 1.165) is 71.2 Å². The summed E-state index contributed by atoms with van der Waals surface area (Å²) in [5.74, 6) is 0.205. The summed E-state index contributed by atoms with van der Waals surface area (Å²) in [4.78, 5) is 19.5. The highest BCUT2D eigenvalue weighted by Crippen LogP contribution is 2.40. The Labute approximate surface area is 182 Å². The van der Waals surface area contributed by atoms with Gasteiger partial charge in [0.25, 0.3) is 0 Å². The zero-order valence-electron chi connectivity index (χ0n) is 19.1. The molecule has 0 unspecified atom stereocenters. The molecule has 0 aliphatic carbocycles. The summed E-state index contributed by atoms with van der Waals surface area (Å²) < 4.78 is 0. The number of piperidine rings is 2. The molecule has 1 aromatic rings. The van der Waals surface area contributed by atoms with Crippen LogP contribution in [-0.2, 0) is 4.79 Å². The van der Waals surface area contributed by atoms with Crippen LogP contribution in [0.5, 0.6) is 0 Å². The molecule has 4 rings (SSSR count). The highest BCUT2D eigenvalue weighted by atomic mass is 16.3. The van der Waals surface area contributed by atoms with Gasteiger partial charge in [-0.2, -0.15) is 0 Å². The Balaban J connectivity index is 1.46. The van der Waals surface area contributed by atoms with Crippen LogP contribution < -0.4 is 4.90 Å². The Morgan fingerprint density at radius 3 is 2.50 bits per heavy atom. The Hall–Kier alpha value is -1.59. The average Bonchev–Trinajstić information content (AvgIpc) is 2.88. The smallest absolute Gasteiger partial charge is 0.219 e. The molecule has 3 heterocycles. The molecule has 5 nitrogen and oxygen atoms in total. The number of carbonyl (C=O) groups is 1. The molecule has 0 aromatic heterocycles. The molecule has 3 aliphatic rings. The minimum atomic E-state index is -0.634. The van der Waals surface area contributed by atoms with Gasteiger partial charge in [-0.3, -0.25) is 9.69 Å². The number of aryl methyl sites for hydroxylation is 1. The van der Waals surface area contributed by atoms with E-state index in [0.29, 0.717) is 6.04 Å². The molecule has 1 N–H and O–H groups in total. The van der Waals surface area contributed by atoms with Crippen LogP contribution in [0.15, 0.2) is 24.3 Å². The minimum Gasteiger partial charge on any atom is -0.388 e. The number of fused-ring (bicyclic) bond motifs is 1. The predicted octanol–water partition coefficient (Wildman–Crippen LogP) is 3.58. The molecule has 0 bridgehead atoms. The third-order valence-corrected chi connectivity index (χ3v) is 8.04. The molecular weight excluding hydrogens is 374 g/mol. The van der Waals surface area contributed by atoms with E-state index < -0.39 is 5.60 Å². The molecule has 3 aliphatic heterocycles. The van der Waals surface area contributed by atoms with Crippen molar-refractivity contribution in [1.82, 2.24) is 9.80 Å². The van der Waals surface area contributed by atoms with Gasteiger partial charge < -0.3 is 14.9 Å². The van der Waals surface area contributed by atoms with Crippen molar-refractivity contribution < 1.29 is 9.90 Å². The summed E-state index contributed by atoms with van der Waals surface area (Å²) in [7, 11) is 0. The van der Waals surface area contributed by atoms with Crippen LogP contribution in [0.2, 0.25) is 0 Å². The number of likely N-dealkylation sites (tertiary alicyclic amines) is 2. The molecule has 0 saturated carbocycles. The third kappa shape index (κ3) is 4.11. The van der Waals surface area contributed by atoms with Crippen molar-refractivity contribution in [1.29, 1.82) is 0 Å². The Morgan fingerprint density at radius 2 is 1.80 bits per heavy atom. The van der Waals surface area contributed by atoms with Crippen LogP contribution in [0.1, 0.15) is 64.4 Å². The van der Waals surface area contributed by atoms with E-state index in [1.54, 1.807) is 6.92 Å². The molecular formula is C25H39N3O2. The number of hydrogen-bond acceptors (Lipinski definition) is 4. The average molecular weight is 414 g/mol. The number of nitrogens with zero attached hydrogens (tertiary/aromatic N) is 3. The zero-order valence-corrected chi connectivity index (χ0v) is 19.1. The number of hydrogen-bond donors (Lipinski definition) is 1. The fourth-order valence-corrected chi connectivity index (χ4v) is 6.35. The molecule has 3 saturated heterocycles. The van der Waals surface area contributed by atoms with Gasteiger partial charge in [-0.05, 0) is 70.5 Å². The van der Waals surface area contributed by atoms with Gasteiger partial charge in [0.1, 0.15) is 0 Å². The lowest BCUT2D eigenvalue weighted by Gasteiger charge is -2.54. The lowest BCUT2D eigenvalue weighted by atomic mass is 9.78. The number of aliphatic hydroxyl groups is 1. The largest absolute Gasteiger partial charge is 0.388 e. The first-order valence-electron chi connectivity index (χ1n) is 11.9. The molecule has 30 heavy (non-hydrogen) atoms. The highest BCUT2D eigenvalue weighted by molar-refractivity contribution is 5.74. The van der Waals surface area contributed by atoms with Crippen LogP contribution in [-0.4, -0.2) is 70.7 Å². The summed E-state index contributed by atoms with van der Waals surface area (Å²) in [5, 5.41) is 11.5. The van der Waals surface area contributed by atoms with Crippen molar-refractivity contribution in [2.24, 2.45) is 0 Å². The van der Waals surface area contributed by atoms with Crippen LogP contribution >= 0.6 is 0 Å². The number of carbonyl (C=O) groups excluding carboxylic acids is 1. The van der Waals surface area contributed by atoms with Crippen LogP contribution in [0.4, 0.5) is 5.69 Å². The Kier molecular flexibility index (Phi) is 6.13. The molecule has 2 atom stereocenters. The normalized spacial score (nSPS) is 29.9. The van der Waals surface area contributed by atoms with Crippen molar-refractivity contribution in [3.8, 4) is 0 Å². The zero-order chi connectivity index (χ0) is 21.4. The molecule has 0 radical (unpaired) electrons. The number of para-hydroxylation sites is 1. The van der Waals surface area contributed by atoms with Gasteiger partial charge in [0.05, 0.1) is 11.1 Å². The van der Waals surface area contributed by atoms with E-state index >= 15 is 0 Å². The van der Waals surface area contributed by atoms with E-state index in [1.165, 1.54) is 17.7 Å². The lowest BCUT2D eigenvalue weighted by molar-refractivity contribution is -0.141. The van der Waals surface area contributed by atoms with E-state index in [1.807, 2.05) is 0 Å². The Bertz CT molecular complexity index is 759. The van der Waals surface area contributed by atoms with Crippen molar-refractivity contribution in [2.45, 2.75) is 82.9 Å². The van der Waals surface area contributed by atoms with Gasteiger partial charge >= 0.3 is 0 Å². The van der Waals surface area contributed by atoms with Crippen molar-refractivity contribution in [3.63, 3.8) is 0 Å². The second-order valence-electron chi connectivity index (χ2n) is 10.1. The van der Waals surface area contributed by atoms with Crippen molar-refractivity contribution in [2.75, 3.05) is 37.6 Å². The van der Waals surface area contributed by atoms with Crippen molar-refractivity contribution in [3.05, 3.63) is 29.8 Å². The first kappa shape index (κ1) is 21.6. The summed E-state index contributed by atoms with van der Waals surface area (Å²) in [5.41, 5.74) is 1.87. The third-order valence-electron chi connectivity index (χ3n) is 8.04. The molecule has 0 spiro atoms. The maximum Gasteiger partial charge on any atom is 0.219 e.